The van der Waals surface area contributed by atoms with Crippen molar-refractivity contribution in [3.05, 3.63) is 145 Å². The highest BCUT2D eigenvalue weighted by Gasteiger charge is 2.17. The summed E-state index contributed by atoms with van der Waals surface area (Å²) in [4.78, 5) is 0. The summed E-state index contributed by atoms with van der Waals surface area (Å²) < 4.78 is 11.4. The Morgan fingerprint density at radius 1 is 0.500 bits per heavy atom. The highest BCUT2D eigenvalue weighted by Crippen LogP contribution is 2.38. The third-order valence-electron chi connectivity index (χ3n) is 5.58. The number of ether oxygens (including phenoxy) is 2. The molecule has 0 radical (unpaired) electrons. The fourth-order valence-electron chi connectivity index (χ4n) is 3.91. The molecule has 0 heterocycles. The first kappa shape index (κ1) is 24.4. The van der Waals surface area contributed by atoms with E-state index >= 15 is 0 Å². The summed E-state index contributed by atoms with van der Waals surface area (Å²) in [5, 5.41) is 19.9. The van der Waals surface area contributed by atoms with Crippen molar-refractivity contribution >= 4 is 11.1 Å². The summed E-state index contributed by atoms with van der Waals surface area (Å²) in [6.45, 7) is 8.27. The summed E-state index contributed by atoms with van der Waals surface area (Å²) >= 11 is 0. The zero-order chi connectivity index (χ0) is 25.3. The molecule has 0 fully saturated rings. The molecule has 2 N–H and O–H groups in total. The minimum Gasteiger partial charge on any atom is -0.508 e. The van der Waals surface area contributed by atoms with Crippen molar-refractivity contribution in [3.63, 3.8) is 0 Å². The normalized spacial score (nSPS) is 10.3. The molecule has 4 rings (SSSR count). The van der Waals surface area contributed by atoms with Crippen LogP contribution in [0.1, 0.15) is 22.3 Å². The second kappa shape index (κ2) is 11.6. The van der Waals surface area contributed by atoms with Crippen LogP contribution < -0.4 is 9.47 Å². The van der Waals surface area contributed by atoms with Gasteiger partial charge in [-0.3, -0.25) is 0 Å². The van der Waals surface area contributed by atoms with Crippen LogP contribution in [0, 0.1) is 0 Å². The van der Waals surface area contributed by atoms with E-state index < -0.39 is 0 Å². The molecule has 4 heteroatoms. The van der Waals surface area contributed by atoms with E-state index in [0.717, 1.165) is 44.9 Å². The predicted molar refractivity (Wildman–Crippen MR) is 145 cm³/mol. The van der Waals surface area contributed by atoms with E-state index in [2.05, 4.69) is 13.2 Å². The summed E-state index contributed by atoms with van der Waals surface area (Å²) in [5.41, 5.74) is 5.75. The fourth-order valence-corrected chi connectivity index (χ4v) is 3.91. The maximum absolute atomic E-state index is 9.93. The average molecular weight is 477 g/mol. The van der Waals surface area contributed by atoms with Crippen molar-refractivity contribution in [1.29, 1.82) is 0 Å². The van der Waals surface area contributed by atoms with E-state index in [9.17, 15) is 10.2 Å². The van der Waals surface area contributed by atoms with Crippen molar-refractivity contribution < 1.29 is 19.7 Å². The molecule has 4 aromatic rings. The first-order valence-corrected chi connectivity index (χ1v) is 11.6. The van der Waals surface area contributed by atoms with E-state index in [1.165, 1.54) is 0 Å². The van der Waals surface area contributed by atoms with Crippen molar-refractivity contribution in [3.8, 4) is 23.0 Å². The van der Waals surface area contributed by atoms with Crippen molar-refractivity contribution in [2.45, 2.75) is 0 Å². The third kappa shape index (κ3) is 5.86. The molecule has 36 heavy (non-hydrogen) atoms. The monoisotopic (exact) mass is 476 g/mol. The first-order valence-electron chi connectivity index (χ1n) is 11.6. The van der Waals surface area contributed by atoms with E-state index in [1.807, 2.05) is 72.8 Å². The van der Waals surface area contributed by atoms with Crippen molar-refractivity contribution in [2.24, 2.45) is 0 Å². The largest absolute Gasteiger partial charge is 0.508 e. The highest BCUT2D eigenvalue weighted by molar-refractivity contribution is 6.04. The molecule has 0 aliphatic heterocycles. The zero-order valence-electron chi connectivity index (χ0n) is 19.9. The standard InChI is InChI=1S/C32H28O4/c1-3-21-35-29-17-9-25(10-18-29)32(26-11-19-30(20-12-26)36-22-4-2)31(23-5-13-27(33)14-6-23)24-7-15-28(34)16-8-24/h3-20,33-34H,1-2,21-22H2. The van der Waals surface area contributed by atoms with Gasteiger partial charge < -0.3 is 19.7 Å². The van der Waals surface area contributed by atoms with Crippen LogP contribution in [0.2, 0.25) is 0 Å². The summed E-state index contributed by atoms with van der Waals surface area (Å²) in [5.74, 6) is 1.89. The van der Waals surface area contributed by atoms with Gasteiger partial charge >= 0.3 is 0 Å². The Labute approximate surface area is 211 Å². The van der Waals surface area contributed by atoms with Crippen LogP contribution in [0.3, 0.4) is 0 Å². The van der Waals surface area contributed by atoms with E-state index in [1.54, 1.807) is 36.4 Å². The maximum Gasteiger partial charge on any atom is 0.119 e. The van der Waals surface area contributed by atoms with Gasteiger partial charge in [-0.1, -0.05) is 73.8 Å². The second-order valence-electron chi connectivity index (χ2n) is 8.09. The predicted octanol–water partition coefficient (Wildman–Crippen LogP) is 7.23. The van der Waals surface area contributed by atoms with Crippen LogP contribution in [0.25, 0.3) is 11.1 Å². The smallest absolute Gasteiger partial charge is 0.119 e. The van der Waals surface area contributed by atoms with Gasteiger partial charge in [-0.05, 0) is 81.9 Å². The molecule has 0 amide bonds. The Kier molecular flexibility index (Phi) is 7.89. The third-order valence-corrected chi connectivity index (χ3v) is 5.58. The number of rotatable bonds is 10. The van der Waals surface area contributed by atoms with Gasteiger partial charge in [0.05, 0.1) is 0 Å². The first-order chi connectivity index (χ1) is 17.6. The molecule has 4 aromatic carbocycles. The van der Waals surface area contributed by atoms with Gasteiger partial charge in [0.15, 0.2) is 0 Å². The van der Waals surface area contributed by atoms with Gasteiger partial charge in [-0.2, -0.15) is 0 Å². The van der Waals surface area contributed by atoms with Gasteiger partial charge in [0.25, 0.3) is 0 Å². The number of hydrogen-bond donors (Lipinski definition) is 2. The molecule has 180 valence electrons. The molecule has 0 aliphatic carbocycles. The maximum atomic E-state index is 9.93. The fraction of sp³-hybridized carbons (Fsp3) is 0.0625. The second-order valence-corrected chi connectivity index (χ2v) is 8.09. The van der Waals surface area contributed by atoms with Gasteiger partial charge in [-0.25, -0.2) is 0 Å². The van der Waals surface area contributed by atoms with Crippen molar-refractivity contribution in [2.75, 3.05) is 13.2 Å². The Morgan fingerprint density at radius 3 is 1.06 bits per heavy atom. The number of hydrogen-bond acceptors (Lipinski definition) is 4. The van der Waals surface area contributed by atoms with Gasteiger partial charge in [0.2, 0.25) is 0 Å². The molecule has 0 bridgehead atoms. The minimum absolute atomic E-state index is 0.192. The van der Waals surface area contributed by atoms with Crippen LogP contribution in [-0.2, 0) is 0 Å². The highest BCUT2D eigenvalue weighted by atomic mass is 16.5. The molecular weight excluding hydrogens is 448 g/mol. The Morgan fingerprint density at radius 2 is 0.778 bits per heavy atom. The molecule has 0 spiro atoms. The topological polar surface area (TPSA) is 58.9 Å². The number of phenolic OH excluding ortho intramolecular Hbond substituents is 2. The Balaban J connectivity index is 1.95. The lowest BCUT2D eigenvalue weighted by Crippen LogP contribution is -1.99. The van der Waals surface area contributed by atoms with E-state index in [4.69, 9.17) is 9.47 Å². The summed E-state index contributed by atoms with van der Waals surface area (Å²) in [6, 6.07) is 30.1. The van der Waals surface area contributed by atoms with Crippen molar-refractivity contribution in [1.82, 2.24) is 0 Å². The minimum atomic E-state index is 0.192. The van der Waals surface area contributed by atoms with Gasteiger partial charge in [0, 0.05) is 0 Å². The molecule has 0 saturated carbocycles. The van der Waals surface area contributed by atoms with Crippen LogP contribution in [0.5, 0.6) is 23.0 Å². The molecule has 0 atom stereocenters. The lowest BCUT2D eigenvalue weighted by molar-refractivity contribution is 0.363. The van der Waals surface area contributed by atoms with E-state index in [-0.39, 0.29) is 11.5 Å². The number of phenols is 2. The van der Waals surface area contributed by atoms with E-state index in [0.29, 0.717) is 13.2 Å². The van der Waals surface area contributed by atoms with Gasteiger partial charge in [-0.15, -0.1) is 0 Å². The lowest BCUT2D eigenvalue weighted by atomic mass is 9.85. The lowest BCUT2D eigenvalue weighted by Gasteiger charge is -2.19. The molecule has 4 nitrogen and oxygen atoms in total. The Hall–Kier alpha value is -4.70. The molecule has 0 unspecified atom stereocenters. The number of benzene rings is 4. The SMILES string of the molecule is C=CCOc1ccc(C(=C(c2ccc(O)cc2)c2ccc(O)cc2)c2ccc(OCC=C)cc2)cc1. The quantitative estimate of drug-likeness (QED) is 0.187. The summed E-state index contributed by atoms with van der Waals surface area (Å²) in [7, 11) is 0. The summed E-state index contributed by atoms with van der Waals surface area (Å²) in [6.07, 6.45) is 3.42. The van der Waals surface area contributed by atoms with Crippen LogP contribution >= 0.6 is 0 Å². The molecule has 0 aromatic heterocycles. The van der Waals surface area contributed by atoms with Crippen LogP contribution in [0.15, 0.2) is 122 Å². The average Bonchev–Trinajstić information content (AvgIpc) is 2.91. The van der Waals surface area contributed by atoms with Crippen LogP contribution in [0.4, 0.5) is 0 Å². The molecule has 0 saturated heterocycles. The Bertz CT molecular complexity index is 1230. The number of aromatic hydroxyl groups is 2. The molecule has 0 aliphatic rings. The van der Waals surface area contributed by atoms with Gasteiger partial charge in [0.1, 0.15) is 36.2 Å². The zero-order valence-corrected chi connectivity index (χ0v) is 19.9. The van der Waals surface area contributed by atoms with Crippen LogP contribution in [-0.4, -0.2) is 23.4 Å². The molecular formula is C32H28O4.